The highest BCUT2D eigenvalue weighted by Gasteiger charge is 2.60. The number of nitrogens with zero attached hydrogens (tertiary/aromatic N) is 2. The molecule has 2 aliphatic carbocycles. The molecule has 2 bridgehead atoms. The van der Waals surface area contributed by atoms with E-state index in [9.17, 15) is 29.3 Å². The Labute approximate surface area is 176 Å². The van der Waals surface area contributed by atoms with E-state index < -0.39 is 29.0 Å². The minimum absolute atomic E-state index is 0.00732. The summed E-state index contributed by atoms with van der Waals surface area (Å²) < 4.78 is 4.93. The van der Waals surface area contributed by atoms with Gasteiger partial charge < -0.3 is 4.74 Å². The number of hydrogen-bond donors (Lipinski definition) is 0. The number of rotatable bonds is 7. The second-order valence-corrected chi connectivity index (χ2v) is 8.38. The number of carbonyl (C=O) groups is 4. The van der Waals surface area contributed by atoms with Gasteiger partial charge in [0.15, 0.2) is 6.61 Å². The molecule has 10 heteroatoms. The fourth-order valence-electron chi connectivity index (χ4n) is 5.02. The first-order chi connectivity index (χ1) is 14.3. The van der Waals surface area contributed by atoms with Gasteiger partial charge in [0.05, 0.1) is 23.2 Å². The maximum absolute atomic E-state index is 12.6. The second kappa shape index (κ2) is 7.79. The molecule has 1 aliphatic heterocycles. The Bertz CT molecular complexity index is 934. The molecule has 1 saturated heterocycles. The molecule has 4 rings (SSSR count). The van der Waals surface area contributed by atoms with E-state index in [-0.39, 0.29) is 59.0 Å². The summed E-state index contributed by atoms with van der Waals surface area (Å²) >= 11 is 5.71. The third-order valence-electron chi connectivity index (χ3n) is 6.39. The number of halogens is 1. The topological polar surface area (TPSA) is 124 Å². The SMILES string of the molecule is O=C(CCN1C(=O)[C@H]2[C@H]3CC[C@@H](C3)[C@@H]2C1=O)OCC(=O)c1ccc(Cl)c([N+](=O)[O-])c1. The predicted molar refractivity (Wildman–Crippen MR) is 103 cm³/mol. The number of carbonyl (C=O) groups excluding carboxylic acids is 4. The molecule has 3 fully saturated rings. The van der Waals surface area contributed by atoms with Gasteiger partial charge in [0.25, 0.3) is 5.69 Å². The molecule has 1 aromatic carbocycles. The van der Waals surface area contributed by atoms with Crippen LogP contribution in [0.25, 0.3) is 0 Å². The smallest absolute Gasteiger partial charge is 0.308 e. The summed E-state index contributed by atoms with van der Waals surface area (Å²) in [5, 5.41) is 10.8. The van der Waals surface area contributed by atoms with Crippen molar-refractivity contribution < 1.29 is 28.8 Å². The zero-order valence-electron chi connectivity index (χ0n) is 15.9. The highest BCUT2D eigenvalue weighted by atomic mass is 35.5. The Morgan fingerprint density at radius 1 is 1.17 bits per heavy atom. The molecule has 0 N–H and O–H groups in total. The number of esters is 1. The summed E-state index contributed by atoms with van der Waals surface area (Å²) in [6.07, 6.45) is 2.69. The van der Waals surface area contributed by atoms with Crippen molar-refractivity contribution in [3.05, 3.63) is 38.9 Å². The average Bonchev–Trinajstić information content (AvgIpc) is 3.39. The first kappa shape index (κ1) is 20.5. The lowest BCUT2D eigenvalue weighted by atomic mass is 9.81. The summed E-state index contributed by atoms with van der Waals surface area (Å²) in [4.78, 5) is 60.7. The monoisotopic (exact) mass is 434 g/mol. The molecule has 0 spiro atoms. The van der Waals surface area contributed by atoms with E-state index in [2.05, 4.69) is 0 Å². The number of hydrogen-bond acceptors (Lipinski definition) is 7. The summed E-state index contributed by atoms with van der Waals surface area (Å²) in [6, 6.07) is 3.55. The fraction of sp³-hybridized carbons (Fsp3) is 0.500. The maximum Gasteiger partial charge on any atom is 0.308 e. The number of benzene rings is 1. The Hall–Kier alpha value is -2.81. The summed E-state index contributed by atoms with van der Waals surface area (Å²) in [6.45, 7) is -0.668. The number of ketones is 1. The van der Waals surface area contributed by atoms with Gasteiger partial charge in [-0.15, -0.1) is 0 Å². The van der Waals surface area contributed by atoms with Crippen molar-refractivity contribution in [1.29, 1.82) is 0 Å². The van der Waals surface area contributed by atoms with Crippen molar-refractivity contribution in [2.24, 2.45) is 23.7 Å². The van der Waals surface area contributed by atoms with Gasteiger partial charge in [0, 0.05) is 18.2 Å². The van der Waals surface area contributed by atoms with Gasteiger partial charge in [-0.05, 0) is 43.2 Å². The van der Waals surface area contributed by atoms with E-state index in [4.69, 9.17) is 16.3 Å². The van der Waals surface area contributed by atoms with Crippen LogP contribution in [0.5, 0.6) is 0 Å². The summed E-state index contributed by atoms with van der Waals surface area (Å²) in [5.74, 6) is -1.69. The number of ether oxygens (including phenoxy) is 1. The number of Topliss-reactive ketones (excluding diaryl/α,β-unsaturated/α-hetero) is 1. The van der Waals surface area contributed by atoms with Crippen LogP contribution in [-0.2, 0) is 19.1 Å². The normalized spacial score (nSPS) is 26.8. The minimum Gasteiger partial charge on any atom is -0.457 e. The third-order valence-corrected chi connectivity index (χ3v) is 6.71. The predicted octanol–water partition coefficient (Wildman–Crippen LogP) is 2.40. The molecule has 2 amide bonds. The lowest BCUT2D eigenvalue weighted by Crippen LogP contribution is -2.35. The largest absolute Gasteiger partial charge is 0.457 e. The van der Waals surface area contributed by atoms with Crippen LogP contribution in [0.1, 0.15) is 36.0 Å². The lowest BCUT2D eigenvalue weighted by Gasteiger charge is -2.19. The number of imide groups is 1. The van der Waals surface area contributed by atoms with E-state index in [0.717, 1.165) is 30.2 Å². The quantitative estimate of drug-likeness (QED) is 0.212. The zero-order chi connectivity index (χ0) is 21.6. The number of amides is 2. The first-order valence-corrected chi connectivity index (χ1v) is 10.1. The van der Waals surface area contributed by atoms with Crippen molar-refractivity contribution in [3.8, 4) is 0 Å². The van der Waals surface area contributed by atoms with Crippen LogP contribution in [0.15, 0.2) is 18.2 Å². The minimum atomic E-state index is -0.729. The molecule has 3 aliphatic rings. The molecule has 9 nitrogen and oxygen atoms in total. The number of nitro groups is 1. The lowest BCUT2D eigenvalue weighted by molar-refractivity contribution is -0.384. The van der Waals surface area contributed by atoms with Gasteiger partial charge in [0.1, 0.15) is 5.02 Å². The van der Waals surface area contributed by atoms with E-state index in [0.29, 0.717) is 0 Å². The van der Waals surface area contributed by atoms with Gasteiger partial charge >= 0.3 is 5.97 Å². The van der Waals surface area contributed by atoms with E-state index in [1.165, 1.54) is 12.1 Å². The molecular formula is C20H19ClN2O7. The van der Waals surface area contributed by atoms with E-state index >= 15 is 0 Å². The van der Waals surface area contributed by atoms with Crippen LogP contribution in [0.4, 0.5) is 5.69 Å². The maximum atomic E-state index is 12.6. The fourth-order valence-corrected chi connectivity index (χ4v) is 5.21. The van der Waals surface area contributed by atoms with Crippen LogP contribution >= 0.6 is 11.6 Å². The first-order valence-electron chi connectivity index (χ1n) is 9.76. The summed E-state index contributed by atoms with van der Waals surface area (Å²) in [5.41, 5.74) is -0.425. The second-order valence-electron chi connectivity index (χ2n) is 7.97. The third kappa shape index (κ3) is 3.47. The standard InChI is InChI=1S/C20H19ClN2O7/c21-13-4-3-10(8-14(13)23(28)29)15(24)9-30-16(25)5-6-22-19(26)17-11-1-2-12(7-11)18(17)20(22)27/h3-4,8,11-12,17-18H,1-2,5-7,9H2/t11-,12-,17-,18-/m0/s1. The van der Waals surface area contributed by atoms with Crippen LogP contribution in [0.2, 0.25) is 5.02 Å². The molecule has 30 heavy (non-hydrogen) atoms. The van der Waals surface area contributed by atoms with Crippen LogP contribution in [-0.4, -0.2) is 46.5 Å². The van der Waals surface area contributed by atoms with Crippen LogP contribution in [0.3, 0.4) is 0 Å². The van der Waals surface area contributed by atoms with Gasteiger partial charge in [-0.2, -0.15) is 0 Å². The molecule has 1 heterocycles. The average molecular weight is 435 g/mol. The van der Waals surface area contributed by atoms with Crippen molar-refractivity contribution in [2.75, 3.05) is 13.2 Å². The van der Waals surface area contributed by atoms with Gasteiger partial charge in [-0.3, -0.25) is 34.2 Å². The Morgan fingerprint density at radius 3 is 2.40 bits per heavy atom. The number of nitro benzene ring substituents is 1. The van der Waals surface area contributed by atoms with Crippen LogP contribution < -0.4 is 0 Å². The van der Waals surface area contributed by atoms with Crippen molar-refractivity contribution in [3.63, 3.8) is 0 Å². The molecule has 0 unspecified atom stereocenters. The van der Waals surface area contributed by atoms with Gasteiger partial charge in [-0.1, -0.05) is 11.6 Å². The highest BCUT2D eigenvalue weighted by Crippen LogP contribution is 2.56. The molecule has 2 saturated carbocycles. The molecule has 0 aromatic heterocycles. The molecule has 1 aromatic rings. The van der Waals surface area contributed by atoms with Gasteiger partial charge in [0.2, 0.25) is 17.6 Å². The number of likely N-dealkylation sites (tertiary alicyclic amines) is 1. The van der Waals surface area contributed by atoms with Crippen molar-refractivity contribution >= 4 is 40.9 Å². The highest BCUT2D eigenvalue weighted by molar-refractivity contribution is 6.32. The van der Waals surface area contributed by atoms with Crippen molar-refractivity contribution in [2.45, 2.75) is 25.7 Å². The Morgan fingerprint density at radius 2 is 1.80 bits per heavy atom. The Kier molecular flexibility index (Phi) is 5.31. The van der Waals surface area contributed by atoms with Crippen molar-refractivity contribution in [1.82, 2.24) is 4.90 Å². The molecule has 4 atom stereocenters. The molecular weight excluding hydrogens is 416 g/mol. The zero-order valence-corrected chi connectivity index (χ0v) is 16.7. The van der Waals surface area contributed by atoms with Gasteiger partial charge in [-0.25, -0.2) is 0 Å². The van der Waals surface area contributed by atoms with Crippen LogP contribution in [0, 0.1) is 33.8 Å². The van der Waals surface area contributed by atoms with E-state index in [1.54, 1.807) is 0 Å². The Balaban J connectivity index is 1.29. The number of fused-ring (bicyclic) bond motifs is 5. The molecule has 158 valence electrons. The summed E-state index contributed by atoms with van der Waals surface area (Å²) in [7, 11) is 0. The molecule has 0 radical (unpaired) electrons. The van der Waals surface area contributed by atoms with E-state index in [1.807, 2.05) is 0 Å².